The molecule has 24 heavy (non-hydrogen) atoms. The van der Waals surface area contributed by atoms with Gasteiger partial charge in [-0.2, -0.15) is 15.0 Å². The first-order valence-electron chi connectivity index (χ1n) is 8.76. The van der Waals surface area contributed by atoms with Crippen LogP contribution >= 0.6 is 0 Å². The first-order valence-corrected chi connectivity index (χ1v) is 8.76. The van der Waals surface area contributed by atoms with Crippen LogP contribution in [0.3, 0.4) is 0 Å². The molecule has 8 nitrogen and oxygen atoms in total. The van der Waals surface area contributed by atoms with Gasteiger partial charge in [-0.25, -0.2) is 0 Å². The van der Waals surface area contributed by atoms with Crippen LogP contribution in [0.4, 0.5) is 11.9 Å². The molecule has 0 bridgehead atoms. The number of anilines is 2. The molecule has 132 valence electrons. The van der Waals surface area contributed by atoms with E-state index in [1.165, 1.54) is 12.8 Å². The van der Waals surface area contributed by atoms with Crippen LogP contribution < -0.4 is 20.3 Å². The van der Waals surface area contributed by atoms with Crippen LogP contribution in [-0.4, -0.2) is 53.6 Å². The van der Waals surface area contributed by atoms with E-state index in [0.29, 0.717) is 11.9 Å². The molecule has 1 aromatic heterocycles. The minimum Gasteiger partial charge on any atom is -0.467 e. The van der Waals surface area contributed by atoms with Gasteiger partial charge in [0.1, 0.15) is 6.04 Å². The average Bonchev–Trinajstić information content (AvgIpc) is 2.87. The fourth-order valence-electron chi connectivity index (χ4n) is 3.22. The lowest BCUT2D eigenvalue weighted by Crippen LogP contribution is -2.49. The summed E-state index contributed by atoms with van der Waals surface area (Å²) in [6.07, 6.45) is 5.69. The third-order valence-corrected chi connectivity index (χ3v) is 4.71. The fraction of sp³-hybridized carbons (Fsp3) is 0.750. The average molecular weight is 334 g/mol. The zero-order valence-electron chi connectivity index (χ0n) is 14.4. The van der Waals surface area contributed by atoms with Crippen LogP contribution in [0, 0.1) is 5.92 Å². The van der Waals surface area contributed by atoms with Crippen molar-refractivity contribution in [1.29, 1.82) is 0 Å². The van der Waals surface area contributed by atoms with Crippen molar-refractivity contribution >= 4 is 17.8 Å². The number of rotatable bonds is 4. The van der Waals surface area contributed by atoms with Crippen LogP contribution in [0.15, 0.2) is 0 Å². The third kappa shape index (κ3) is 3.85. The lowest BCUT2D eigenvalue weighted by molar-refractivity contribution is -0.124. The fourth-order valence-corrected chi connectivity index (χ4v) is 3.22. The van der Waals surface area contributed by atoms with E-state index in [9.17, 15) is 4.79 Å². The molecule has 8 heteroatoms. The number of nitrogens with one attached hydrogen (secondary N) is 2. The minimum atomic E-state index is -0.331. The molecule has 2 atom stereocenters. The molecule has 2 fully saturated rings. The number of aromatic nitrogens is 3. The summed E-state index contributed by atoms with van der Waals surface area (Å²) >= 11 is 0. The molecule has 2 unspecified atom stereocenters. The summed E-state index contributed by atoms with van der Waals surface area (Å²) < 4.78 is 5.23. The summed E-state index contributed by atoms with van der Waals surface area (Å²) in [5.74, 6) is 1.23. The second-order valence-electron chi connectivity index (χ2n) is 6.53. The topological polar surface area (TPSA) is 92.3 Å². The van der Waals surface area contributed by atoms with Crippen LogP contribution in [0.2, 0.25) is 0 Å². The molecule has 2 N–H and O–H groups in total. The van der Waals surface area contributed by atoms with Gasteiger partial charge in [0.2, 0.25) is 17.8 Å². The molecule has 0 saturated carbocycles. The number of ether oxygens (including phenoxy) is 1. The first-order chi connectivity index (χ1) is 11.7. The number of hydrogen-bond acceptors (Lipinski definition) is 7. The van der Waals surface area contributed by atoms with Gasteiger partial charge in [0.25, 0.3) is 0 Å². The van der Waals surface area contributed by atoms with Gasteiger partial charge in [-0.3, -0.25) is 4.79 Å². The molecule has 0 spiro atoms. The van der Waals surface area contributed by atoms with Gasteiger partial charge in [0.05, 0.1) is 7.11 Å². The number of carbonyl (C=O) groups excluding carboxylic acids is 1. The highest BCUT2D eigenvalue weighted by Gasteiger charge is 2.30. The number of nitrogens with zero attached hydrogens (tertiary/aromatic N) is 4. The maximum atomic E-state index is 12.1. The monoisotopic (exact) mass is 334 g/mol. The lowest BCUT2D eigenvalue weighted by Gasteiger charge is -2.29. The highest BCUT2D eigenvalue weighted by Crippen LogP contribution is 2.21. The number of amides is 1. The normalized spacial score (nSPS) is 24.9. The second-order valence-corrected chi connectivity index (χ2v) is 6.53. The van der Waals surface area contributed by atoms with Crippen LogP contribution in [0.25, 0.3) is 0 Å². The number of piperidine rings is 1. The Bertz CT molecular complexity index is 574. The van der Waals surface area contributed by atoms with Gasteiger partial charge < -0.3 is 20.3 Å². The second kappa shape index (κ2) is 7.63. The molecule has 3 rings (SSSR count). The SMILES string of the molecule is COc1nc(NC2C(=O)NCCC2C)nc(N2CCCCCC2)n1. The summed E-state index contributed by atoms with van der Waals surface area (Å²) in [7, 11) is 1.54. The number of methoxy groups -OCH3 is 1. The maximum absolute atomic E-state index is 12.1. The Morgan fingerprint density at radius 1 is 1.17 bits per heavy atom. The quantitative estimate of drug-likeness (QED) is 0.854. The standard InChI is InChI=1S/C16H26N6O2/c1-11-7-8-17-13(23)12(11)18-14-19-15(21-16(20-14)24-2)22-9-5-3-4-6-10-22/h11-12H,3-10H2,1-2H3,(H,17,23)(H,18,19,20,21). The molecular weight excluding hydrogens is 308 g/mol. The number of hydrogen-bond donors (Lipinski definition) is 2. The molecule has 0 aromatic carbocycles. The molecule has 1 amide bonds. The Kier molecular flexibility index (Phi) is 5.32. The van der Waals surface area contributed by atoms with Crippen molar-refractivity contribution in [1.82, 2.24) is 20.3 Å². The maximum Gasteiger partial charge on any atom is 0.322 e. The van der Waals surface area contributed by atoms with E-state index < -0.39 is 0 Å². The molecule has 0 aliphatic carbocycles. The highest BCUT2D eigenvalue weighted by molar-refractivity contribution is 5.85. The van der Waals surface area contributed by atoms with Crippen LogP contribution in [0.5, 0.6) is 6.01 Å². The van der Waals surface area contributed by atoms with Crippen LogP contribution in [0.1, 0.15) is 39.0 Å². The summed E-state index contributed by atoms with van der Waals surface area (Å²) in [4.78, 5) is 27.5. The predicted octanol–water partition coefficient (Wildman–Crippen LogP) is 1.20. The largest absolute Gasteiger partial charge is 0.467 e. The van der Waals surface area contributed by atoms with E-state index in [1.54, 1.807) is 7.11 Å². The van der Waals surface area contributed by atoms with Crippen molar-refractivity contribution in [3.05, 3.63) is 0 Å². The van der Waals surface area contributed by atoms with E-state index in [4.69, 9.17) is 4.74 Å². The molecule has 0 radical (unpaired) electrons. The van der Waals surface area contributed by atoms with Crippen LogP contribution in [-0.2, 0) is 4.79 Å². The molecule has 3 heterocycles. The summed E-state index contributed by atoms with van der Waals surface area (Å²) in [5, 5.41) is 6.05. The van der Waals surface area contributed by atoms with E-state index in [1.807, 2.05) is 0 Å². The van der Waals surface area contributed by atoms with Gasteiger partial charge in [0.15, 0.2) is 0 Å². The van der Waals surface area contributed by atoms with Crippen molar-refractivity contribution in [2.24, 2.45) is 5.92 Å². The van der Waals surface area contributed by atoms with E-state index in [-0.39, 0.29) is 23.9 Å². The summed E-state index contributed by atoms with van der Waals surface area (Å²) in [5.41, 5.74) is 0. The lowest BCUT2D eigenvalue weighted by atomic mass is 9.94. The van der Waals surface area contributed by atoms with Gasteiger partial charge in [-0.1, -0.05) is 19.8 Å². The Balaban J connectivity index is 1.81. The highest BCUT2D eigenvalue weighted by atomic mass is 16.5. The van der Waals surface area contributed by atoms with Gasteiger partial charge in [0, 0.05) is 19.6 Å². The van der Waals surface area contributed by atoms with E-state index >= 15 is 0 Å². The van der Waals surface area contributed by atoms with Crippen molar-refractivity contribution in [2.45, 2.75) is 45.1 Å². The van der Waals surface area contributed by atoms with Crippen molar-refractivity contribution in [2.75, 3.05) is 37.0 Å². The first kappa shape index (κ1) is 16.7. The Morgan fingerprint density at radius 3 is 2.58 bits per heavy atom. The molecule has 1 aromatic rings. The molecular formula is C16H26N6O2. The number of carbonyl (C=O) groups is 1. The van der Waals surface area contributed by atoms with Crippen molar-refractivity contribution in [3.63, 3.8) is 0 Å². The Hall–Kier alpha value is -2.12. The van der Waals surface area contributed by atoms with Gasteiger partial charge >= 0.3 is 6.01 Å². The third-order valence-electron chi connectivity index (χ3n) is 4.71. The zero-order chi connectivity index (χ0) is 16.9. The van der Waals surface area contributed by atoms with Crippen molar-refractivity contribution < 1.29 is 9.53 Å². The molecule has 2 saturated heterocycles. The molecule has 2 aliphatic rings. The Labute approximate surface area is 142 Å². The molecule has 2 aliphatic heterocycles. The predicted molar refractivity (Wildman–Crippen MR) is 91.3 cm³/mol. The van der Waals surface area contributed by atoms with Gasteiger partial charge in [-0.15, -0.1) is 0 Å². The smallest absolute Gasteiger partial charge is 0.322 e. The minimum absolute atomic E-state index is 0.00977. The summed E-state index contributed by atoms with van der Waals surface area (Å²) in [6, 6.07) is -0.0570. The summed E-state index contributed by atoms with van der Waals surface area (Å²) in [6.45, 7) is 4.65. The van der Waals surface area contributed by atoms with E-state index in [2.05, 4.69) is 37.4 Å². The Morgan fingerprint density at radius 2 is 1.92 bits per heavy atom. The zero-order valence-corrected chi connectivity index (χ0v) is 14.4. The van der Waals surface area contributed by atoms with Crippen molar-refractivity contribution in [3.8, 4) is 6.01 Å². The van der Waals surface area contributed by atoms with Gasteiger partial charge in [-0.05, 0) is 25.2 Å². The van der Waals surface area contributed by atoms with E-state index in [0.717, 1.165) is 38.9 Å².